The van der Waals surface area contributed by atoms with Crippen molar-refractivity contribution in [2.45, 2.75) is 24.9 Å². The highest BCUT2D eigenvalue weighted by molar-refractivity contribution is 6.23. The van der Waals surface area contributed by atoms with Gasteiger partial charge in [-0.25, -0.2) is 0 Å². The number of nitrogens with one attached hydrogen (secondary N) is 2. The maximum Gasteiger partial charge on any atom is 0.259 e. The molecule has 0 aromatic heterocycles. The van der Waals surface area contributed by atoms with Gasteiger partial charge in [0.05, 0.1) is 12.2 Å². The molecule has 3 aliphatic carbocycles. The standard InChI is InChI=1S/C24H27N3O7/c28-15-3-1-2-12-8-13-9-14-10-16(29)19(23(33)26-11-27-6-4-25-5-7-27)22(32)24(14,34)21(31)18(13)20(30)17(12)15/h1-3,13-14,25,28,30,32,34H,4-11H2,(H,26,33)/t13-,14-,24-/m0/s1. The van der Waals surface area contributed by atoms with Gasteiger partial charge >= 0.3 is 0 Å². The molecule has 0 bridgehead atoms. The molecule has 10 heteroatoms. The number of carbonyl (C=O) groups excluding carboxylic acids is 3. The van der Waals surface area contributed by atoms with Crippen LogP contribution in [0.2, 0.25) is 0 Å². The molecule has 5 rings (SSSR count). The highest BCUT2D eigenvalue weighted by Gasteiger charge is 2.60. The topological polar surface area (TPSA) is 159 Å². The van der Waals surface area contributed by atoms with E-state index in [9.17, 15) is 34.8 Å². The van der Waals surface area contributed by atoms with E-state index in [0.29, 0.717) is 25.1 Å². The third-order valence-corrected chi connectivity index (χ3v) is 7.45. The summed E-state index contributed by atoms with van der Waals surface area (Å²) >= 11 is 0. The number of rotatable bonds is 3. The van der Waals surface area contributed by atoms with Crippen LogP contribution in [0.5, 0.6) is 5.75 Å². The van der Waals surface area contributed by atoms with Crippen molar-refractivity contribution in [2.75, 3.05) is 32.8 Å². The number of aromatic hydroxyl groups is 1. The molecule has 1 saturated carbocycles. The molecule has 180 valence electrons. The quantitative estimate of drug-likeness (QED) is 0.333. The molecule has 6 N–H and O–H groups in total. The normalized spacial score (nSPS) is 29.4. The summed E-state index contributed by atoms with van der Waals surface area (Å²) < 4.78 is 0. The van der Waals surface area contributed by atoms with Crippen molar-refractivity contribution in [3.8, 4) is 5.75 Å². The predicted octanol–water partition coefficient (Wildman–Crippen LogP) is -0.0825. The van der Waals surface area contributed by atoms with Crippen molar-refractivity contribution in [3.05, 3.63) is 46.2 Å². The van der Waals surface area contributed by atoms with E-state index in [2.05, 4.69) is 10.6 Å². The first kappa shape index (κ1) is 22.6. The number of ketones is 2. The lowest BCUT2D eigenvalue weighted by molar-refractivity contribution is -0.147. The number of amides is 1. The molecule has 0 unspecified atom stereocenters. The summed E-state index contributed by atoms with van der Waals surface area (Å²) in [5.74, 6) is -5.48. The Bertz CT molecular complexity index is 1150. The van der Waals surface area contributed by atoms with Gasteiger partial charge in [-0.3, -0.25) is 19.3 Å². The summed E-state index contributed by atoms with van der Waals surface area (Å²) in [7, 11) is 0. The first-order chi connectivity index (χ1) is 16.2. The molecule has 0 radical (unpaired) electrons. The number of phenolic OH excluding ortho intramolecular Hbond substituents is 1. The highest BCUT2D eigenvalue weighted by Crippen LogP contribution is 2.51. The number of carbonyl (C=O) groups is 3. The van der Waals surface area contributed by atoms with Gasteiger partial charge in [-0.2, -0.15) is 0 Å². The summed E-state index contributed by atoms with van der Waals surface area (Å²) in [5.41, 5.74) is -2.46. The molecule has 1 amide bonds. The maximum atomic E-state index is 13.5. The van der Waals surface area contributed by atoms with Gasteiger partial charge in [0.1, 0.15) is 22.8 Å². The Morgan fingerprint density at radius 1 is 1.15 bits per heavy atom. The van der Waals surface area contributed by atoms with Crippen LogP contribution in [0.3, 0.4) is 0 Å². The summed E-state index contributed by atoms with van der Waals surface area (Å²) in [6.45, 7) is 3.08. The lowest BCUT2D eigenvalue weighted by Crippen LogP contribution is -2.58. The van der Waals surface area contributed by atoms with Gasteiger partial charge in [0, 0.05) is 44.1 Å². The largest absolute Gasteiger partial charge is 0.508 e. The molecule has 1 aromatic rings. The maximum absolute atomic E-state index is 13.5. The van der Waals surface area contributed by atoms with Gasteiger partial charge in [0.25, 0.3) is 5.91 Å². The number of fused-ring (bicyclic) bond motifs is 3. The Labute approximate surface area is 195 Å². The fourth-order valence-corrected chi connectivity index (χ4v) is 5.68. The zero-order valence-electron chi connectivity index (χ0n) is 18.5. The Morgan fingerprint density at radius 2 is 1.88 bits per heavy atom. The summed E-state index contributed by atoms with van der Waals surface area (Å²) in [6, 6.07) is 4.76. The number of phenols is 1. The van der Waals surface area contributed by atoms with Gasteiger partial charge in [0.15, 0.2) is 11.4 Å². The van der Waals surface area contributed by atoms with Crippen LogP contribution in [0, 0.1) is 11.8 Å². The minimum Gasteiger partial charge on any atom is -0.508 e. The van der Waals surface area contributed by atoms with Crippen LogP contribution in [0.15, 0.2) is 35.1 Å². The molecule has 1 aromatic carbocycles. The minimum atomic E-state index is -2.50. The van der Waals surface area contributed by atoms with Crippen molar-refractivity contribution in [1.82, 2.24) is 15.5 Å². The van der Waals surface area contributed by atoms with Crippen LogP contribution in [0.4, 0.5) is 0 Å². The van der Waals surface area contributed by atoms with Crippen molar-refractivity contribution in [2.24, 2.45) is 11.8 Å². The number of aliphatic hydroxyl groups excluding tert-OH is 2. The molecule has 3 atom stereocenters. The Balaban J connectivity index is 1.50. The average Bonchev–Trinajstić information content (AvgIpc) is 2.81. The zero-order valence-corrected chi connectivity index (χ0v) is 18.5. The van der Waals surface area contributed by atoms with Crippen molar-refractivity contribution < 1.29 is 34.8 Å². The molecule has 10 nitrogen and oxygen atoms in total. The third-order valence-electron chi connectivity index (χ3n) is 7.45. The van der Waals surface area contributed by atoms with Crippen LogP contribution in [-0.2, 0) is 20.8 Å². The van der Waals surface area contributed by atoms with E-state index in [1.165, 1.54) is 6.07 Å². The zero-order chi connectivity index (χ0) is 24.2. The molecule has 1 aliphatic heterocycles. The second kappa shape index (κ2) is 8.23. The van der Waals surface area contributed by atoms with Crippen molar-refractivity contribution in [3.63, 3.8) is 0 Å². The summed E-state index contributed by atoms with van der Waals surface area (Å²) in [5, 5.41) is 49.3. The summed E-state index contributed by atoms with van der Waals surface area (Å²) in [4.78, 5) is 41.2. The summed E-state index contributed by atoms with van der Waals surface area (Å²) in [6.07, 6.45) is 0.209. The Morgan fingerprint density at radius 3 is 2.62 bits per heavy atom. The first-order valence-electron chi connectivity index (χ1n) is 11.4. The predicted molar refractivity (Wildman–Crippen MR) is 120 cm³/mol. The molecular weight excluding hydrogens is 442 g/mol. The fourth-order valence-electron chi connectivity index (χ4n) is 5.68. The number of piperazine rings is 1. The van der Waals surface area contributed by atoms with Crippen molar-refractivity contribution in [1.29, 1.82) is 0 Å². The van der Waals surface area contributed by atoms with E-state index in [1.807, 2.05) is 4.90 Å². The van der Waals surface area contributed by atoms with E-state index in [0.717, 1.165) is 13.1 Å². The molecule has 34 heavy (non-hydrogen) atoms. The van der Waals surface area contributed by atoms with Gasteiger partial charge in [0.2, 0.25) is 5.78 Å². The molecule has 1 saturated heterocycles. The van der Waals surface area contributed by atoms with Gasteiger partial charge in [-0.15, -0.1) is 0 Å². The second-order valence-corrected chi connectivity index (χ2v) is 9.39. The fraction of sp³-hybridized carbons (Fsp3) is 0.458. The van der Waals surface area contributed by atoms with Crippen molar-refractivity contribution >= 4 is 23.2 Å². The average molecular weight is 469 g/mol. The Kier molecular flexibility index (Phi) is 5.46. The van der Waals surface area contributed by atoms with E-state index in [1.54, 1.807) is 12.1 Å². The van der Waals surface area contributed by atoms with E-state index in [4.69, 9.17) is 0 Å². The molecule has 0 spiro atoms. The lowest BCUT2D eigenvalue weighted by atomic mass is 9.59. The minimum absolute atomic E-state index is 0.103. The highest BCUT2D eigenvalue weighted by atomic mass is 16.3. The smallest absolute Gasteiger partial charge is 0.259 e. The third kappa shape index (κ3) is 3.32. The number of aliphatic hydroxyl groups is 3. The Hall–Kier alpha value is -3.21. The molecular formula is C24H27N3O7. The number of nitrogens with zero attached hydrogens (tertiary/aromatic N) is 1. The number of Topliss-reactive ketones (excluding diaryl/α,β-unsaturated/α-hetero) is 2. The van der Waals surface area contributed by atoms with E-state index in [-0.39, 0.29) is 36.4 Å². The van der Waals surface area contributed by atoms with Crippen LogP contribution in [0.1, 0.15) is 24.0 Å². The van der Waals surface area contributed by atoms with Crippen LogP contribution < -0.4 is 10.6 Å². The van der Waals surface area contributed by atoms with Crippen LogP contribution in [-0.4, -0.2) is 81.2 Å². The van der Waals surface area contributed by atoms with Gasteiger partial charge in [-0.05, 0) is 30.4 Å². The second-order valence-electron chi connectivity index (χ2n) is 9.39. The molecule has 4 aliphatic rings. The van der Waals surface area contributed by atoms with Gasteiger partial charge < -0.3 is 31.1 Å². The monoisotopic (exact) mass is 469 g/mol. The molecule has 2 fully saturated rings. The SMILES string of the molecule is O=C1C[C@@H]2C[C@@H]3Cc4cccc(O)c4C(O)=C3C(=O)[C@]2(O)C(O)=C1C(=O)NCN1CCNCC1. The first-order valence-corrected chi connectivity index (χ1v) is 11.4. The number of benzene rings is 1. The number of hydrogen-bond donors (Lipinski definition) is 6. The van der Waals surface area contributed by atoms with Crippen LogP contribution in [0.25, 0.3) is 5.76 Å². The van der Waals surface area contributed by atoms with Gasteiger partial charge in [-0.1, -0.05) is 12.1 Å². The molecule has 1 heterocycles. The lowest BCUT2D eigenvalue weighted by Gasteiger charge is -2.46. The van der Waals surface area contributed by atoms with E-state index >= 15 is 0 Å². The van der Waals surface area contributed by atoms with Crippen LogP contribution >= 0.6 is 0 Å². The van der Waals surface area contributed by atoms with E-state index < -0.39 is 52.0 Å². The number of hydrogen-bond acceptors (Lipinski definition) is 9.